The molecule has 3 heterocycles. The number of para-hydroxylation sites is 1. The first-order valence-corrected chi connectivity index (χ1v) is 14.8. The van der Waals surface area contributed by atoms with Crippen molar-refractivity contribution in [2.45, 2.75) is 61.1 Å². The largest absolute Gasteiger partial charge is 0.465 e. The van der Waals surface area contributed by atoms with Crippen LogP contribution in [0.1, 0.15) is 38.5 Å². The van der Waals surface area contributed by atoms with Gasteiger partial charge < -0.3 is 24.4 Å². The van der Waals surface area contributed by atoms with Crippen molar-refractivity contribution < 1.29 is 29.0 Å². The van der Waals surface area contributed by atoms with Crippen molar-refractivity contribution >= 4 is 51.0 Å². The van der Waals surface area contributed by atoms with E-state index in [1.54, 1.807) is 41.3 Å². The number of carbonyl (C=O) groups is 3. The van der Waals surface area contributed by atoms with Gasteiger partial charge in [0.1, 0.15) is 11.6 Å². The van der Waals surface area contributed by atoms with Gasteiger partial charge in [-0.2, -0.15) is 0 Å². The molecular formula is C29H36BrClN2O6. The lowest BCUT2D eigenvalue weighted by molar-refractivity contribution is -0.155. The maximum atomic E-state index is 14.5. The van der Waals surface area contributed by atoms with E-state index in [1.807, 2.05) is 0 Å². The number of nitrogens with zero attached hydrogens (tertiary/aromatic N) is 2. The Balaban J connectivity index is 1.71. The van der Waals surface area contributed by atoms with E-state index >= 15 is 0 Å². The predicted molar refractivity (Wildman–Crippen MR) is 153 cm³/mol. The molecule has 3 aliphatic rings. The standard InChI is InChI=1S/C29H36BrClN2O6/c1-3-5-11-17-38-28(37)22-23-26(35)33(15-9-6-10-16-34)25(29(23)18-19(30)24(22)39-29)27(36)32(14-4-2)21-13-8-7-12-20(21)31/h3-4,7-8,12-13,19,22-25,34H,1-2,5-6,9-11,14-18H2/t19?,22-,23-,24-,25?,29?/m0/s1. The Labute approximate surface area is 243 Å². The summed E-state index contributed by atoms with van der Waals surface area (Å²) in [6.45, 7) is 8.28. The molecule has 39 heavy (non-hydrogen) atoms. The fourth-order valence-electron chi connectivity index (χ4n) is 6.24. The first-order chi connectivity index (χ1) is 18.8. The summed E-state index contributed by atoms with van der Waals surface area (Å²) in [5.41, 5.74) is -0.673. The molecule has 212 valence electrons. The number of likely N-dealkylation sites (tertiary alicyclic amines) is 1. The molecular weight excluding hydrogens is 588 g/mol. The van der Waals surface area contributed by atoms with Crippen LogP contribution in [-0.2, 0) is 23.9 Å². The fraction of sp³-hybridized carbons (Fsp3) is 0.552. The number of anilines is 1. The zero-order chi connectivity index (χ0) is 28.2. The van der Waals surface area contributed by atoms with E-state index in [1.165, 1.54) is 4.90 Å². The van der Waals surface area contributed by atoms with Gasteiger partial charge in [-0.05, 0) is 50.7 Å². The number of allylic oxidation sites excluding steroid dienone is 1. The molecule has 1 aromatic carbocycles. The Hall–Kier alpha value is -2.20. The highest BCUT2D eigenvalue weighted by Gasteiger charge is 2.77. The van der Waals surface area contributed by atoms with Crippen LogP contribution in [0.3, 0.4) is 0 Å². The third-order valence-corrected chi connectivity index (χ3v) is 9.03. The summed E-state index contributed by atoms with van der Waals surface area (Å²) >= 11 is 10.2. The van der Waals surface area contributed by atoms with E-state index < -0.39 is 35.6 Å². The van der Waals surface area contributed by atoms with Gasteiger partial charge >= 0.3 is 5.97 Å². The fourth-order valence-corrected chi connectivity index (χ4v) is 7.42. The number of alkyl halides is 1. The topological polar surface area (TPSA) is 96.4 Å². The van der Waals surface area contributed by atoms with Crippen molar-refractivity contribution in [3.8, 4) is 0 Å². The van der Waals surface area contributed by atoms with Gasteiger partial charge in [0.15, 0.2) is 0 Å². The molecule has 3 fully saturated rings. The molecule has 3 aliphatic heterocycles. The van der Waals surface area contributed by atoms with E-state index in [0.717, 1.165) is 0 Å². The Morgan fingerprint density at radius 1 is 1.23 bits per heavy atom. The minimum atomic E-state index is -1.19. The minimum absolute atomic E-state index is 0.0539. The van der Waals surface area contributed by atoms with E-state index in [9.17, 15) is 19.5 Å². The summed E-state index contributed by atoms with van der Waals surface area (Å²) in [4.78, 5) is 44.8. The lowest BCUT2D eigenvalue weighted by atomic mass is 9.70. The van der Waals surface area contributed by atoms with Crippen LogP contribution in [0.4, 0.5) is 5.69 Å². The monoisotopic (exact) mass is 622 g/mol. The average Bonchev–Trinajstić information content (AvgIpc) is 3.51. The average molecular weight is 624 g/mol. The predicted octanol–water partition coefficient (Wildman–Crippen LogP) is 4.28. The number of ether oxygens (including phenoxy) is 2. The quantitative estimate of drug-likeness (QED) is 0.144. The third-order valence-electron chi connectivity index (χ3n) is 7.87. The molecule has 8 nitrogen and oxygen atoms in total. The molecule has 4 rings (SSSR count). The highest BCUT2D eigenvalue weighted by molar-refractivity contribution is 9.09. The molecule has 0 saturated carbocycles. The number of aliphatic hydroxyl groups excluding tert-OH is 1. The van der Waals surface area contributed by atoms with E-state index in [0.29, 0.717) is 55.8 Å². The van der Waals surface area contributed by atoms with Crippen LogP contribution in [0, 0.1) is 11.8 Å². The summed E-state index contributed by atoms with van der Waals surface area (Å²) in [6.07, 6.45) is 6.45. The Kier molecular flexibility index (Phi) is 9.91. The van der Waals surface area contributed by atoms with Gasteiger partial charge in [-0.25, -0.2) is 0 Å². The Morgan fingerprint density at radius 3 is 2.69 bits per heavy atom. The zero-order valence-corrected chi connectivity index (χ0v) is 24.3. The summed E-state index contributed by atoms with van der Waals surface area (Å²) in [5.74, 6) is -2.72. The van der Waals surface area contributed by atoms with Crippen molar-refractivity contribution in [3.63, 3.8) is 0 Å². The number of fused-ring (bicyclic) bond motifs is 1. The van der Waals surface area contributed by atoms with Gasteiger partial charge in [0.25, 0.3) is 5.91 Å². The Bertz CT molecular complexity index is 1100. The van der Waals surface area contributed by atoms with Crippen LogP contribution in [0.15, 0.2) is 49.6 Å². The van der Waals surface area contributed by atoms with Crippen LogP contribution in [0.5, 0.6) is 0 Å². The highest BCUT2D eigenvalue weighted by Crippen LogP contribution is 2.60. The lowest BCUT2D eigenvalue weighted by Gasteiger charge is -2.37. The normalized spacial score (nSPS) is 28.8. The van der Waals surface area contributed by atoms with Crippen molar-refractivity contribution in [2.75, 3.05) is 31.2 Å². The number of carbonyl (C=O) groups excluding carboxylic acids is 3. The second kappa shape index (κ2) is 13.0. The van der Waals surface area contributed by atoms with Gasteiger partial charge in [-0.15, -0.1) is 13.2 Å². The molecule has 10 heteroatoms. The lowest BCUT2D eigenvalue weighted by Crippen LogP contribution is -2.57. The number of hydrogen-bond donors (Lipinski definition) is 1. The number of benzene rings is 1. The molecule has 2 amide bonds. The number of hydrogen-bond acceptors (Lipinski definition) is 6. The van der Waals surface area contributed by atoms with Crippen LogP contribution in [-0.4, -0.2) is 76.7 Å². The van der Waals surface area contributed by atoms with E-state index in [-0.39, 0.29) is 36.4 Å². The first kappa shape index (κ1) is 29.8. The van der Waals surface area contributed by atoms with Crippen molar-refractivity contribution in [2.24, 2.45) is 11.8 Å². The molecule has 1 aromatic rings. The number of unbranched alkanes of at least 4 members (excludes halogenated alkanes) is 3. The summed E-state index contributed by atoms with van der Waals surface area (Å²) in [6, 6.07) is 6.09. The third kappa shape index (κ3) is 5.56. The molecule has 2 bridgehead atoms. The molecule has 3 unspecified atom stereocenters. The molecule has 0 aliphatic carbocycles. The number of aliphatic hydroxyl groups is 1. The van der Waals surface area contributed by atoms with Crippen molar-refractivity contribution in [3.05, 3.63) is 54.6 Å². The number of rotatable bonds is 14. The molecule has 6 atom stereocenters. The van der Waals surface area contributed by atoms with E-state index in [4.69, 9.17) is 21.1 Å². The zero-order valence-electron chi connectivity index (χ0n) is 22.0. The van der Waals surface area contributed by atoms with Gasteiger partial charge in [0.2, 0.25) is 5.91 Å². The summed E-state index contributed by atoms with van der Waals surface area (Å²) in [7, 11) is 0. The van der Waals surface area contributed by atoms with Crippen LogP contribution < -0.4 is 4.90 Å². The molecule has 3 saturated heterocycles. The summed E-state index contributed by atoms with van der Waals surface area (Å²) < 4.78 is 12.1. The molecule has 1 spiro atoms. The van der Waals surface area contributed by atoms with E-state index in [2.05, 4.69) is 29.1 Å². The molecule has 0 radical (unpaired) electrons. The number of amides is 2. The van der Waals surface area contributed by atoms with Crippen LogP contribution in [0.2, 0.25) is 5.02 Å². The van der Waals surface area contributed by atoms with Crippen LogP contribution in [0.25, 0.3) is 0 Å². The van der Waals surface area contributed by atoms with Gasteiger partial charge in [-0.1, -0.05) is 51.8 Å². The minimum Gasteiger partial charge on any atom is -0.465 e. The number of esters is 1. The maximum absolute atomic E-state index is 14.5. The van der Waals surface area contributed by atoms with Crippen LogP contribution >= 0.6 is 27.5 Å². The number of halogens is 2. The second-order valence-corrected chi connectivity index (χ2v) is 11.9. The second-order valence-electron chi connectivity index (χ2n) is 10.3. The van der Waals surface area contributed by atoms with Crippen molar-refractivity contribution in [1.82, 2.24) is 4.90 Å². The maximum Gasteiger partial charge on any atom is 0.312 e. The highest BCUT2D eigenvalue weighted by atomic mass is 79.9. The molecule has 0 aromatic heterocycles. The SMILES string of the molecule is C=CCCCOC(=O)[C@H]1[C@H]2C(=O)N(CCCCCO)C(C(=O)N(CC=C)c3ccccc3Cl)C23CC(Br)[C@@H]1O3. The van der Waals surface area contributed by atoms with Gasteiger partial charge in [0, 0.05) is 24.5 Å². The Morgan fingerprint density at radius 2 is 2.00 bits per heavy atom. The first-order valence-electron chi connectivity index (χ1n) is 13.5. The van der Waals surface area contributed by atoms with Gasteiger partial charge in [0.05, 0.1) is 35.3 Å². The smallest absolute Gasteiger partial charge is 0.312 e. The summed E-state index contributed by atoms with van der Waals surface area (Å²) in [5, 5.41) is 9.63. The van der Waals surface area contributed by atoms with Crippen molar-refractivity contribution in [1.29, 1.82) is 0 Å². The van der Waals surface area contributed by atoms with Gasteiger partial charge in [-0.3, -0.25) is 14.4 Å². The molecule has 1 N–H and O–H groups in total.